The second-order valence-corrected chi connectivity index (χ2v) is 7.71. The van der Waals surface area contributed by atoms with Crippen LogP contribution in [0.5, 0.6) is 0 Å². The third kappa shape index (κ3) is 5.77. The smallest absolute Gasteiger partial charge is 0.338 e. The number of rotatable bonds is 7. The fraction of sp³-hybridized carbons (Fsp3) is 0.115. The van der Waals surface area contributed by atoms with Crippen LogP contribution in [0.25, 0.3) is 0 Å². The van der Waals surface area contributed by atoms with Crippen molar-refractivity contribution in [1.82, 2.24) is 5.43 Å². The summed E-state index contributed by atoms with van der Waals surface area (Å²) in [6.07, 6.45) is 0.247. The number of carbonyl (C=O) groups is 5. The van der Waals surface area contributed by atoms with Gasteiger partial charge < -0.3 is 10.1 Å². The van der Waals surface area contributed by atoms with Gasteiger partial charge in [-0.1, -0.05) is 18.2 Å². The van der Waals surface area contributed by atoms with Crippen LogP contribution in [0.15, 0.2) is 78.9 Å². The third-order valence-corrected chi connectivity index (χ3v) is 5.25. The lowest BCUT2D eigenvalue weighted by molar-refractivity contribution is -0.130. The third-order valence-electron chi connectivity index (χ3n) is 5.25. The highest BCUT2D eigenvalue weighted by Gasteiger charge is 2.24. The summed E-state index contributed by atoms with van der Waals surface area (Å²) in [6, 6.07) is 20.9. The molecule has 35 heavy (non-hydrogen) atoms. The van der Waals surface area contributed by atoms with Crippen LogP contribution in [0.1, 0.15) is 43.9 Å². The van der Waals surface area contributed by atoms with E-state index in [1.54, 1.807) is 36.4 Å². The lowest BCUT2D eigenvalue weighted by atomic mass is 10.1. The van der Waals surface area contributed by atoms with Crippen LogP contribution >= 0.6 is 0 Å². The molecule has 0 spiro atoms. The highest BCUT2D eigenvalue weighted by molar-refractivity contribution is 6.05. The Bertz CT molecular complexity index is 1270. The average Bonchev–Trinajstić information content (AvgIpc) is 2.89. The van der Waals surface area contributed by atoms with Crippen molar-refractivity contribution in [3.8, 4) is 0 Å². The highest BCUT2D eigenvalue weighted by Crippen LogP contribution is 2.18. The van der Waals surface area contributed by atoms with Gasteiger partial charge in [-0.2, -0.15) is 0 Å². The first-order valence-electron chi connectivity index (χ1n) is 10.8. The molecule has 0 radical (unpaired) electrons. The number of hydrazine groups is 1. The number of nitrogens with zero attached hydrogens (tertiary/aromatic N) is 1. The number of hydrogen-bond acceptors (Lipinski definition) is 6. The molecule has 1 aliphatic heterocycles. The molecule has 9 heteroatoms. The molecule has 3 aromatic carbocycles. The van der Waals surface area contributed by atoms with Crippen LogP contribution in [-0.2, 0) is 14.3 Å². The number of anilines is 2. The summed E-state index contributed by atoms with van der Waals surface area (Å²) in [5.74, 6) is -1.89. The first-order chi connectivity index (χ1) is 16.9. The van der Waals surface area contributed by atoms with Gasteiger partial charge in [-0.15, -0.1) is 0 Å². The molecule has 3 amide bonds. The number of benzene rings is 3. The van der Waals surface area contributed by atoms with Gasteiger partial charge >= 0.3 is 5.97 Å². The molecule has 1 aliphatic rings. The monoisotopic (exact) mass is 471 g/mol. The molecule has 0 bridgehead atoms. The van der Waals surface area contributed by atoms with Gasteiger partial charge in [0.2, 0.25) is 11.8 Å². The van der Waals surface area contributed by atoms with Crippen LogP contribution in [0.2, 0.25) is 0 Å². The molecule has 176 valence electrons. The van der Waals surface area contributed by atoms with Gasteiger partial charge in [-0.05, 0) is 60.7 Å². The lowest BCUT2D eigenvalue weighted by Gasteiger charge is -2.27. The van der Waals surface area contributed by atoms with E-state index in [2.05, 4.69) is 10.7 Å². The predicted octanol–water partition coefficient (Wildman–Crippen LogP) is 3.14. The molecule has 1 heterocycles. The standard InChI is InChI=1S/C26H21N3O6/c30-22(17-6-10-20(11-7-17)27-25(33)18-4-2-1-3-5-18)16-35-26(34)19-8-12-21(13-9-19)29-24(32)15-14-23(31)28-29/h1-13H,14-16H2,(H,27,33)(H,28,31). The number of nitrogens with one attached hydrogen (secondary N) is 2. The van der Waals surface area contributed by atoms with Gasteiger partial charge in [-0.3, -0.25) is 24.6 Å². The average molecular weight is 471 g/mol. The second kappa shape index (κ2) is 10.4. The summed E-state index contributed by atoms with van der Waals surface area (Å²) >= 11 is 0. The topological polar surface area (TPSA) is 122 Å². The zero-order chi connectivity index (χ0) is 24.8. The van der Waals surface area contributed by atoms with Gasteiger partial charge in [0.25, 0.3) is 5.91 Å². The molecule has 0 saturated carbocycles. The van der Waals surface area contributed by atoms with E-state index in [0.29, 0.717) is 22.5 Å². The summed E-state index contributed by atoms with van der Waals surface area (Å²) in [7, 11) is 0. The molecule has 0 atom stereocenters. The fourth-order valence-electron chi connectivity index (χ4n) is 3.36. The van der Waals surface area contributed by atoms with Crippen molar-refractivity contribution in [2.75, 3.05) is 16.9 Å². The predicted molar refractivity (Wildman–Crippen MR) is 127 cm³/mol. The summed E-state index contributed by atoms with van der Waals surface area (Å²) in [6.45, 7) is -0.461. The first-order valence-corrected chi connectivity index (χ1v) is 10.8. The molecular weight excluding hydrogens is 450 g/mol. The van der Waals surface area contributed by atoms with Crippen molar-refractivity contribution in [2.45, 2.75) is 12.8 Å². The van der Waals surface area contributed by atoms with E-state index in [9.17, 15) is 24.0 Å². The van der Waals surface area contributed by atoms with E-state index in [-0.39, 0.29) is 36.1 Å². The van der Waals surface area contributed by atoms with Gasteiger partial charge in [0.05, 0.1) is 11.3 Å². The maximum absolute atomic E-state index is 12.4. The fourth-order valence-corrected chi connectivity index (χ4v) is 3.36. The number of ether oxygens (including phenoxy) is 1. The van der Waals surface area contributed by atoms with Crippen molar-refractivity contribution in [3.05, 3.63) is 95.6 Å². The largest absolute Gasteiger partial charge is 0.454 e. The molecule has 9 nitrogen and oxygen atoms in total. The number of amides is 3. The van der Waals surface area contributed by atoms with Gasteiger partial charge in [0.15, 0.2) is 12.4 Å². The normalized spacial score (nSPS) is 13.1. The zero-order valence-electron chi connectivity index (χ0n) is 18.5. The highest BCUT2D eigenvalue weighted by atomic mass is 16.5. The number of ketones is 1. The molecule has 1 fully saturated rings. The molecule has 2 N–H and O–H groups in total. The van der Waals surface area contributed by atoms with Gasteiger partial charge in [-0.25, -0.2) is 9.80 Å². The minimum atomic E-state index is -0.703. The van der Waals surface area contributed by atoms with Gasteiger partial charge in [0.1, 0.15) is 0 Å². The van der Waals surface area contributed by atoms with E-state index < -0.39 is 18.4 Å². The van der Waals surface area contributed by atoms with Crippen molar-refractivity contribution < 1.29 is 28.7 Å². The Morgan fingerprint density at radius 1 is 0.800 bits per heavy atom. The molecule has 4 rings (SSSR count). The van der Waals surface area contributed by atoms with Crippen molar-refractivity contribution in [1.29, 1.82) is 0 Å². The quantitative estimate of drug-likeness (QED) is 0.403. The second-order valence-electron chi connectivity index (χ2n) is 7.71. The van der Waals surface area contributed by atoms with E-state index >= 15 is 0 Å². The Morgan fingerprint density at radius 2 is 1.46 bits per heavy atom. The summed E-state index contributed by atoms with van der Waals surface area (Å²) in [5.41, 5.74) is 4.44. The van der Waals surface area contributed by atoms with E-state index in [1.165, 1.54) is 36.4 Å². The maximum Gasteiger partial charge on any atom is 0.338 e. The number of carbonyl (C=O) groups excluding carboxylic acids is 5. The van der Waals surface area contributed by atoms with E-state index in [0.717, 1.165) is 5.01 Å². The van der Waals surface area contributed by atoms with Crippen molar-refractivity contribution in [2.24, 2.45) is 0 Å². The van der Waals surface area contributed by atoms with Crippen LogP contribution < -0.4 is 15.8 Å². The van der Waals surface area contributed by atoms with Gasteiger partial charge in [0, 0.05) is 29.7 Å². The molecular formula is C26H21N3O6. The van der Waals surface area contributed by atoms with Crippen LogP contribution in [-0.4, -0.2) is 36.1 Å². The summed E-state index contributed by atoms with van der Waals surface area (Å²) < 4.78 is 5.11. The Labute approximate surface area is 200 Å². The molecule has 3 aromatic rings. The molecule has 0 unspecified atom stereocenters. The first kappa shape index (κ1) is 23.4. The summed E-state index contributed by atoms with van der Waals surface area (Å²) in [5, 5.41) is 3.88. The number of hydrogen-bond donors (Lipinski definition) is 2. The number of esters is 1. The molecule has 0 aromatic heterocycles. The zero-order valence-corrected chi connectivity index (χ0v) is 18.5. The van der Waals surface area contributed by atoms with Crippen LogP contribution in [0, 0.1) is 0 Å². The van der Waals surface area contributed by atoms with E-state index in [1.807, 2.05) is 6.07 Å². The lowest BCUT2D eigenvalue weighted by Crippen LogP contribution is -2.50. The Balaban J connectivity index is 1.30. The maximum atomic E-state index is 12.4. The molecule has 0 aliphatic carbocycles. The van der Waals surface area contributed by atoms with Crippen molar-refractivity contribution in [3.63, 3.8) is 0 Å². The number of Topliss-reactive ketones (excluding diaryl/α,β-unsaturated/α-hetero) is 1. The van der Waals surface area contributed by atoms with Crippen LogP contribution in [0.4, 0.5) is 11.4 Å². The Morgan fingerprint density at radius 3 is 2.14 bits per heavy atom. The minimum Gasteiger partial charge on any atom is -0.454 e. The molecule has 1 saturated heterocycles. The Kier molecular flexibility index (Phi) is 6.96. The van der Waals surface area contributed by atoms with Crippen LogP contribution in [0.3, 0.4) is 0 Å². The minimum absolute atomic E-state index is 0.109. The SMILES string of the molecule is O=C1CCC(=O)N(c2ccc(C(=O)OCC(=O)c3ccc(NC(=O)c4ccccc4)cc3)cc2)N1. The summed E-state index contributed by atoms with van der Waals surface area (Å²) in [4.78, 5) is 60.4. The van der Waals surface area contributed by atoms with Crippen molar-refractivity contribution >= 4 is 40.8 Å². The Hall–Kier alpha value is -4.79. The van der Waals surface area contributed by atoms with E-state index in [4.69, 9.17) is 4.74 Å².